The van der Waals surface area contributed by atoms with Crippen molar-refractivity contribution in [2.75, 3.05) is 6.61 Å². The van der Waals surface area contributed by atoms with Gasteiger partial charge in [0.15, 0.2) is 0 Å². The summed E-state index contributed by atoms with van der Waals surface area (Å²) in [7, 11) is 0. The summed E-state index contributed by atoms with van der Waals surface area (Å²) in [5.74, 6) is -0.396. The standard InChI is InChI=1S/C14H18F3NO2/c1-4-20-12(19)13(2,3)18-9-10-5-7-11(8-6-10)14(15,16)17/h5-8,18H,4,9H2,1-3H3. The molecule has 0 aromatic heterocycles. The second-order valence-corrected chi connectivity index (χ2v) is 4.89. The highest BCUT2D eigenvalue weighted by Crippen LogP contribution is 2.29. The normalized spacial score (nSPS) is 12.3. The number of halogens is 3. The summed E-state index contributed by atoms with van der Waals surface area (Å²) in [5, 5.41) is 2.96. The minimum Gasteiger partial charge on any atom is -0.465 e. The summed E-state index contributed by atoms with van der Waals surface area (Å²) in [5.41, 5.74) is -0.917. The number of nitrogens with one attached hydrogen (secondary N) is 1. The van der Waals surface area contributed by atoms with Crippen LogP contribution in [0.5, 0.6) is 0 Å². The van der Waals surface area contributed by atoms with Gasteiger partial charge in [-0.3, -0.25) is 10.1 Å². The van der Waals surface area contributed by atoms with Crippen molar-refractivity contribution in [3.05, 3.63) is 35.4 Å². The third kappa shape index (κ3) is 4.52. The largest absolute Gasteiger partial charge is 0.465 e. The van der Waals surface area contributed by atoms with Crippen molar-refractivity contribution in [2.45, 2.75) is 39.0 Å². The Morgan fingerprint density at radius 3 is 2.20 bits per heavy atom. The van der Waals surface area contributed by atoms with Gasteiger partial charge in [0, 0.05) is 6.54 Å². The predicted octanol–water partition coefficient (Wildman–Crippen LogP) is 3.14. The first kappa shape index (κ1) is 16.5. The van der Waals surface area contributed by atoms with Gasteiger partial charge in [-0.25, -0.2) is 0 Å². The van der Waals surface area contributed by atoms with Gasteiger partial charge in [0.2, 0.25) is 0 Å². The average Bonchev–Trinajstić information content (AvgIpc) is 2.36. The first-order valence-electron chi connectivity index (χ1n) is 6.25. The van der Waals surface area contributed by atoms with Crippen LogP contribution >= 0.6 is 0 Å². The van der Waals surface area contributed by atoms with Crippen LogP contribution in [0.1, 0.15) is 31.9 Å². The number of ether oxygens (including phenoxy) is 1. The molecule has 0 radical (unpaired) electrons. The maximum absolute atomic E-state index is 12.4. The molecule has 0 aliphatic rings. The van der Waals surface area contributed by atoms with Gasteiger partial charge in [0.05, 0.1) is 12.2 Å². The van der Waals surface area contributed by atoms with Crippen molar-refractivity contribution in [2.24, 2.45) is 0 Å². The summed E-state index contributed by atoms with van der Waals surface area (Å²) < 4.78 is 42.1. The lowest BCUT2D eigenvalue weighted by Gasteiger charge is -2.24. The van der Waals surface area contributed by atoms with Crippen molar-refractivity contribution in [3.8, 4) is 0 Å². The molecule has 0 aliphatic heterocycles. The van der Waals surface area contributed by atoms with E-state index < -0.39 is 23.2 Å². The molecule has 20 heavy (non-hydrogen) atoms. The molecule has 1 rings (SSSR count). The summed E-state index contributed by atoms with van der Waals surface area (Å²) in [4.78, 5) is 11.6. The summed E-state index contributed by atoms with van der Waals surface area (Å²) in [6.45, 7) is 5.60. The number of rotatable bonds is 5. The monoisotopic (exact) mass is 289 g/mol. The molecule has 0 aliphatic carbocycles. The Labute approximate surface area is 116 Å². The van der Waals surface area contributed by atoms with Crippen LogP contribution in [0.4, 0.5) is 13.2 Å². The molecule has 0 bridgehead atoms. The van der Waals surface area contributed by atoms with Crippen LogP contribution in [-0.2, 0) is 22.3 Å². The zero-order valence-corrected chi connectivity index (χ0v) is 11.7. The number of hydrogen-bond donors (Lipinski definition) is 1. The van der Waals surface area contributed by atoms with Gasteiger partial charge in [-0.2, -0.15) is 13.2 Å². The van der Waals surface area contributed by atoms with Crippen molar-refractivity contribution in [1.82, 2.24) is 5.32 Å². The zero-order chi connectivity index (χ0) is 15.4. The molecule has 0 amide bonds. The minimum atomic E-state index is -4.34. The van der Waals surface area contributed by atoms with Crippen molar-refractivity contribution in [3.63, 3.8) is 0 Å². The topological polar surface area (TPSA) is 38.3 Å². The molecule has 0 spiro atoms. The van der Waals surface area contributed by atoms with Gasteiger partial charge in [-0.15, -0.1) is 0 Å². The second kappa shape index (κ2) is 6.26. The predicted molar refractivity (Wildman–Crippen MR) is 69.0 cm³/mol. The van der Waals surface area contributed by atoms with Crippen LogP contribution in [0.3, 0.4) is 0 Å². The molecular formula is C14H18F3NO2. The maximum Gasteiger partial charge on any atom is 0.416 e. The SMILES string of the molecule is CCOC(=O)C(C)(C)NCc1ccc(C(F)(F)F)cc1. The molecule has 1 aromatic carbocycles. The van der Waals surface area contributed by atoms with E-state index in [0.29, 0.717) is 5.56 Å². The molecule has 0 heterocycles. The van der Waals surface area contributed by atoms with Crippen LogP contribution in [0.15, 0.2) is 24.3 Å². The van der Waals surface area contributed by atoms with E-state index in [0.717, 1.165) is 12.1 Å². The molecule has 0 atom stereocenters. The lowest BCUT2D eigenvalue weighted by Crippen LogP contribution is -2.47. The summed E-state index contributed by atoms with van der Waals surface area (Å²) >= 11 is 0. The number of benzene rings is 1. The van der Waals surface area contributed by atoms with Gasteiger partial charge >= 0.3 is 12.1 Å². The van der Waals surface area contributed by atoms with E-state index in [4.69, 9.17) is 4.74 Å². The molecule has 1 N–H and O–H groups in total. The van der Waals surface area contributed by atoms with Crippen LogP contribution < -0.4 is 5.32 Å². The smallest absolute Gasteiger partial charge is 0.416 e. The fourth-order valence-corrected chi connectivity index (χ4v) is 1.52. The van der Waals surface area contributed by atoms with Crippen LogP contribution in [0.2, 0.25) is 0 Å². The van der Waals surface area contributed by atoms with Crippen LogP contribution in [0.25, 0.3) is 0 Å². The quantitative estimate of drug-likeness (QED) is 0.846. The molecule has 1 aromatic rings. The Morgan fingerprint density at radius 1 is 1.20 bits per heavy atom. The third-order valence-corrected chi connectivity index (χ3v) is 2.80. The lowest BCUT2D eigenvalue weighted by molar-refractivity contribution is -0.149. The highest BCUT2D eigenvalue weighted by atomic mass is 19.4. The first-order valence-corrected chi connectivity index (χ1v) is 6.25. The third-order valence-electron chi connectivity index (χ3n) is 2.80. The first-order chi connectivity index (χ1) is 9.16. The molecule has 0 fully saturated rings. The van der Waals surface area contributed by atoms with E-state index in [-0.39, 0.29) is 13.2 Å². The molecule has 0 saturated carbocycles. The fraction of sp³-hybridized carbons (Fsp3) is 0.500. The Balaban J connectivity index is 2.64. The average molecular weight is 289 g/mol. The van der Waals surface area contributed by atoms with Crippen molar-refractivity contribution >= 4 is 5.97 Å². The van der Waals surface area contributed by atoms with Gasteiger partial charge in [0.1, 0.15) is 5.54 Å². The molecule has 112 valence electrons. The Kier molecular flexibility index (Phi) is 5.16. The van der Waals surface area contributed by atoms with Crippen molar-refractivity contribution < 1.29 is 22.7 Å². The highest BCUT2D eigenvalue weighted by molar-refractivity contribution is 5.79. The maximum atomic E-state index is 12.4. The van der Waals surface area contributed by atoms with Crippen LogP contribution in [-0.4, -0.2) is 18.1 Å². The van der Waals surface area contributed by atoms with E-state index in [2.05, 4.69) is 5.32 Å². The van der Waals surface area contributed by atoms with E-state index in [1.54, 1.807) is 20.8 Å². The lowest BCUT2D eigenvalue weighted by atomic mass is 10.0. The molecule has 6 heteroatoms. The number of carbonyl (C=O) groups excluding carboxylic acids is 1. The number of carbonyl (C=O) groups is 1. The van der Waals surface area contributed by atoms with E-state index >= 15 is 0 Å². The second-order valence-electron chi connectivity index (χ2n) is 4.89. The van der Waals surface area contributed by atoms with Gasteiger partial charge < -0.3 is 4.74 Å². The van der Waals surface area contributed by atoms with E-state index in [1.165, 1.54) is 12.1 Å². The Morgan fingerprint density at radius 2 is 1.75 bits per heavy atom. The highest BCUT2D eigenvalue weighted by Gasteiger charge is 2.30. The van der Waals surface area contributed by atoms with Gasteiger partial charge in [0.25, 0.3) is 0 Å². The van der Waals surface area contributed by atoms with Gasteiger partial charge in [-0.05, 0) is 38.5 Å². The van der Waals surface area contributed by atoms with E-state index in [1.807, 2.05) is 0 Å². The van der Waals surface area contributed by atoms with E-state index in [9.17, 15) is 18.0 Å². The molecule has 0 unspecified atom stereocenters. The number of alkyl halides is 3. The molecule has 3 nitrogen and oxygen atoms in total. The summed E-state index contributed by atoms with van der Waals surface area (Å²) in [6, 6.07) is 4.82. The number of hydrogen-bond acceptors (Lipinski definition) is 3. The molecular weight excluding hydrogens is 271 g/mol. The minimum absolute atomic E-state index is 0.282. The van der Waals surface area contributed by atoms with Crippen molar-refractivity contribution in [1.29, 1.82) is 0 Å². The fourth-order valence-electron chi connectivity index (χ4n) is 1.52. The Hall–Kier alpha value is -1.56. The zero-order valence-electron chi connectivity index (χ0n) is 11.7. The summed E-state index contributed by atoms with van der Waals surface area (Å²) in [6.07, 6.45) is -4.34. The Bertz CT molecular complexity index is 452. The number of esters is 1. The van der Waals surface area contributed by atoms with Gasteiger partial charge in [-0.1, -0.05) is 12.1 Å². The molecule has 0 saturated heterocycles. The van der Waals surface area contributed by atoms with Crippen LogP contribution in [0, 0.1) is 0 Å².